The number of amides is 4. The van der Waals surface area contributed by atoms with Gasteiger partial charge in [0.15, 0.2) is 0 Å². The summed E-state index contributed by atoms with van der Waals surface area (Å²) in [6, 6.07) is 17.8. The van der Waals surface area contributed by atoms with Gasteiger partial charge in [0.1, 0.15) is 17.9 Å². The van der Waals surface area contributed by atoms with E-state index in [4.69, 9.17) is 4.74 Å². The average Bonchev–Trinajstić information content (AvgIpc) is 2.84. The fraction of sp³-hybridized carbons (Fsp3) is 0.138. The lowest BCUT2D eigenvalue weighted by atomic mass is 10.0. The summed E-state index contributed by atoms with van der Waals surface area (Å²) in [5.74, 6) is -0.718. The summed E-state index contributed by atoms with van der Waals surface area (Å²) in [4.78, 5) is 39.3. The van der Waals surface area contributed by atoms with Crippen molar-refractivity contribution in [2.75, 3.05) is 4.90 Å². The van der Waals surface area contributed by atoms with Crippen molar-refractivity contribution in [3.63, 3.8) is 0 Å². The number of hydrogen-bond acceptors (Lipinski definition) is 4. The van der Waals surface area contributed by atoms with E-state index in [-0.39, 0.29) is 5.57 Å². The third kappa shape index (κ3) is 5.47. The topological polar surface area (TPSA) is 75.7 Å². The molecule has 1 N–H and O–H groups in total. The molecule has 1 saturated heterocycles. The van der Waals surface area contributed by atoms with Crippen molar-refractivity contribution in [2.24, 2.45) is 0 Å². The second-order valence-electron chi connectivity index (χ2n) is 8.50. The largest absolute Gasteiger partial charge is 0.489 e. The first-order valence-corrected chi connectivity index (χ1v) is 12.2. The summed E-state index contributed by atoms with van der Waals surface area (Å²) in [5.41, 5.74) is 4.77. The molecule has 1 aliphatic heterocycles. The molecule has 1 aliphatic rings. The SMILES string of the molecule is C=CCc1cc(/C=C2\C(=O)NC(=O)N(c3ccc(C)c(C)c3)C2=O)ccc1OCc1ccc(Br)cc1. The molecule has 1 heterocycles. The van der Waals surface area contributed by atoms with Gasteiger partial charge in [-0.25, -0.2) is 9.69 Å². The molecule has 0 spiro atoms. The van der Waals surface area contributed by atoms with Crippen LogP contribution in [0.1, 0.15) is 27.8 Å². The number of nitrogens with zero attached hydrogens (tertiary/aromatic N) is 1. The number of ether oxygens (including phenoxy) is 1. The lowest BCUT2D eigenvalue weighted by Crippen LogP contribution is -2.54. The molecular formula is C29H25BrN2O4. The van der Waals surface area contributed by atoms with Crippen LogP contribution in [0.25, 0.3) is 6.08 Å². The lowest BCUT2D eigenvalue weighted by molar-refractivity contribution is -0.122. The first-order chi connectivity index (χ1) is 17.3. The normalized spacial score (nSPS) is 14.7. The Hall–Kier alpha value is -3.97. The third-order valence-electron chi connectivity index (χ3n) is 5.92. The maximum Gasteiger partial charge on any atom is 0.335 e. The number of aryl methyl sites for hydroxylation is 2. The minimum Gasteiger partial charge on any atom is -0.489 e. The zero-order chi connectivity index (χ0) is 25.8. The molecule has 36 heavy (non-hydrogen) atoms. The lowest BCUT2D eigenvalue weighted by Gasteiger charge is -2.27. The van der Waals surface area contributed by atoms with Crippen molar-refractivity contribution >= 4 is 45.5 Å². The van der Waals surface area contributed by atoms with Crippen LogP contribution in [0.5, 0.6) is 5.75 Å². The zero-order valence-corrected chi connectivity index (χ0v) is 21.6. The number of halogens is 1. The van der Waals surface area contributed by atoms with Crippen LogP contribution in [0.15, 0.2) is 83.4 Å². The smallest absolute Gasteiger partial charge is 0.335 e. The summed E-state index contributed by atoms with van der Waals surface area (Å²) >= 11 is 3.43. The van der Waals surface area contributed by atoms with Crippen molar-refractivity contribution in [2.45, 2.75) is 26.9 Å². The molecule has 0 bridgehead atoms. The number of hydrogen-bond donors (Lipinski definition) is 1. The van der Waals surface area contributed by atoms with Crippen LogP contribution in [-0.2, 0) is 22.6 Å². The predicted octanol–water partition coefficient (Wildman–Crippen LogP) is 6.04. The van der Waals surface area contributed by atoms with Gasteiger partial charge in [0.05, 0.1) is 5.69 Å². The molecule has 1 fully saturated rings. The van der Waals surface area contributed by atoms with Crippen molar-refractivity contribution in [1.82, 2.24) is 5.32 Å². The van der Waals surface area contributed by atoms with E-state index in [1.54, 1.807) is 24.3 Å². The van der Waals surface area contributed by atoms with E-state index in [2.05, 4.69) is 27.8 Å². The summed E-state index contributed by atoms with van der Waals surface area (Å²) in [7, 11) is 0. The van der Waals surface area contributed by atoms with Gasteiger partial charge in [0, 0.05) is 4.47 Å². The summed E-state index contributed by atoms with van der Waals surface area (Å²) in [6.07, 6.45) is 3.79. The molecule has 4 amide bonds. The van der Waals surface area contributed by atoms with Gasteiger partial charge < -0.3 is 4.74 Å². The van der Waals surface area contributed by atoms with Crippen LogP contribution in [0.4, 0.5) is 10.5 Å². The Morgan fingerprint density at radius 2 is 1.72 bits per heavy atom. The maximum absolute atomic E-state index is 13.2. The number of rotatable bonds is 7. The number of anilines is 1. The molecular weight excluding hydrogens is 520 g/mol. The van der Waals surface area contributed by atoms with Gasteiger partial charge in [-0.2, -0.15) is 0 Å². The van der Waals surface area contributed by atoms with E-state index < -0.39 is 17.8 Å². The van der Waals surface area contributed by atoms with E-state index in [9.17, 15) is 14.4 Å². The summed E-state index contributed by atoms with van der Waals surface area (Å²) in [5, 5.41) is 2.27. The minimum atomic E-state index is -0.769. The van der Waals surface area contributed by atoms with Crippen molar-refractivity contribution in [3.8, 4) is 5.75 Å². The molecule has 0 unspecified atom stereocenters. The molecule has 0 radical (unpaired) electrons. The van der Waals surface area contributed by atoms with Crippen molar-refractivity contribution in [1.29, 1.82) is 0 Å². The Labute approximate surface area is 218 Å². The molecule has 0 aromatic heterocycles. The fourth-order valence-electron chi connectivity index (χ4n) is 3.81. The quantitative estimate of drug-likeness (QED) is 0.223. The summed E-state index contributed by atoms with van der Waals surface area (Å²) in [6.45, 7) is 8.06. The van der Waals surface area contributed by atoms with E-state index >= 15 is 0 Å². The molecule has 0 saturated carbocycles. The predicted molar refractivity (Wildman–Crippen MR) is 144 cm³/mol. The van der Waals surface area contributed by atoms with Crippen LogP contribution in [0, 0.1) is 13.8 Å². The van der Waals surface area contributed by atoms with Gasteiger partial charge in [-0.1, -0.05) is 46.3 Å². The monoisotopic (exact) mass is 544 g/mol. The van der Waals surface area contributed by atoms with Crippen molar-refractivity contribution in [3.05, 3.63) is 111 Å². The second kappa shape index (κ2) is 10.7. The molecule has 7 heteroatoms. The summed E-state index contributed by atoms with van der Waals surface area (Å²) < 4.78 is 7.03. The number of barbiturate groups is 1. The Morgan fingerprint density at radius 1 is 0.972 bits per heavy atom. The van der Waals surface area contributed by atoms with Gasteiger partial charge in [-0.05, 0) is 90.6 Å². The molecule has 4 rings (SSSR count). The van der Waals surface area contributed by atoms with Crippen LogP contribution < -0.4 is 15.0 Å². The molecule has 6 nitrogen and oxygen atoms in total. The number of benzene rings is 3. The van der Waals surface area contributed by atoms with E-state index in [0.29, 0.717) is 30.0 Å². The van der Waals surface area contributed by atoms with Crippen LogP contribution in [0.2, 0.25) is 0 Å². The third-order valence-corrected chi connectivity index (χ3v) is 6.45. The van der Waals surface area contributed by atoms with Gasteiger partial charge in [0.2, 0.25) is 0 Å². The van der Waals surface area contributed by atoms with Crippen LogP contribution in [-0.4, -0.2) is 17.8 Å². The van der Waals surface area contributed by atoms with Crippen LogP contribution in [0.3, 0.4) is 0 Å². The Morgan fingerprint density at radius 3 is 2.42 bits per heavy atom. The van der Waals surface area contributed by atoms with Crippen LogP contribution >= 0.6 is 15.9 Å². The molecule has 0 atom stereocenters. The molecule has 0 aliphatic carbocycles. The number of carbonyl (C=O) groups excluding carboxylic acids is 3. The number of allylic oxidation sites excluding steroid dienone is 1. The highest BCUT2D eigenvalue weighted by Crippen LogP contribution is 2.27. The Balaban J connectivity index is 1.62. The van der Waals surface area contributed by atoms with Gasteiger partial charge in [0.25, 0.3) is 11.8 Å². The zero-order valence-electron chi connectivity index (χ0n) is 20.0. The van der Waals surface area contributed by atoms with Gasteiger partial charge >= 0.3 is 6.03 Å². The van der Waals surface area contributed by atoms with E-state index in [1.165, 1.54) is 6.08 Å². The average molecular weight is 545 g/mol. The number of imide groups is 2. The maximum atomic E-state index is 13.2. The van der Waals surface area contributed by atoms with Gasteiger partial charge in [-0.15, -0.1) is 6.58 Å². The highest BCUT2D eigenvalue weighted by Gasteiger charge is 2.36. The number of carbonyl (C=O) groups is 3. The Bertz CT molecular complexity index is 1390. The second-order valence-corrected chi connectivity index (χ2v) is 9.42. The van der Waals surface area contributed by atoms with E-state index in [1.807, 2.05) is 56.3 Å². The molecule has 3 aromatic carbocycles. The van der Waals surface area contributed by atoms with Crippen molar-refractivity contribution < 1.29 is 19.1 Å². The minimum absolute atomic E-state index is 0.124. The number of nitrogens with one attached hydrogen (secondary N) is 1. The molecule has 3 aromatic rings. The number of urea groups is 1. The fourth-order valence-corrected chi connectivity index (χ4v) is 4.07. The van der Waals surface area contributed by atoms with E-state index in [0.717, 1.165) is 31.6 Å². The highest BCUT2D eigenvalue weighted by atomic mass is 79.9. The first-order valence-electron chi connectivity index (χ1n) is 11.4. The highest BCUT2D eigenvalue weighted by molar-refractivity contribution is 9.10. The standard InChI is InChI=1S/C29H25BrN2O4/c1-4-5-22-15-21(9-13-26(22)36-17-20-7-10-23(30)11-8-20)16-25-27(33)31-29(35)32(28(25)34)24-12-6-18(2)19(3)14-24/h4,6-16H,1,5,17H2,2-3H3,(H,31,33,35)/b25-16+. The van der Waals surface area contributed by atoms with Gasteiger partial charge in [-0.3, -0.25) is 14.9 Å². The first kappa shape index (κ1) is 25.1. The molecule has 182 valence electrons. The Kier molecular flexibility index (Phi) is 7.50.